The number of nitrogens with zero attached hydrogens (tertiary/aromatic N) is 2. The van der Waals surface area contributed by atoms with Crippen molar-refractivity contribution in [1.82, 2.24) is 9.88 Å². The van der Waals surface area contributed by atoms with Crippen molar-refractivity contribution in [2.24, 2.45) is 0 Å². The van der Waals surface area contributed by atoms with Crippen molar-refractivity contribution in [3.8, 4) is 0 Å². The van der Waals surface area contributed by atoms with Crippen LogP contribution in [0.2, 0.25) is 0 Å². The highest BCUT2D eigenvalue weighted by molar-refractivity contribution is 5.24. The molecule has 1 N–H and O–H groups in total. The van der Waals surface area contributed by atoms with Crippen LogP contribution in [0.15, 0.2) is 48.5 Å². The second kappa shape index (κ2) is 5.96. The van der Waals surface area contributed by atoms with Gasteiger partial charge in [-0.25, -0.2) is 0 Å². The van der Waals surface area contributed by atoms with Gasteiger partial charge in [-0.05, 0) is 31.0 Å². The highest BCUT2D eigenvalue weighted by Gasteiger charge is 2.37. The van der Waals surface area contributed by atoms with E-state index in [2.05, 4.69) is 22.0 Å². The van der Waals surface area contributed by atoms with Gasteiger partial charge in [-0.2, -0.15) is 0 Å². The van der Waals surface area contributed by atoms with Gasteiger partial charge >= 0.3 is 0 Å². The Hall–Kier alpha value is -1.71. The fraction of sp³-hybridized carbons (Fsp3) is 0.389. The molecule has 0 bridgehead atoms. The summed E-state index contributed by atoms with van der Waals surface area (Å²) in [5, 5.41) is 10.8. The van der Waals surface area contributed by atoms with Crippen molar-refractivity contribution in [1.29, 1.82) is 0 Å². The van der Waals surface area contributed by atoms with Crippen molar-refractivity contribution in [2.45, 2.75) is 25.4 Å². The topological polar surface area (TPSA) is 36.4 Å². The number of hydrogen-bond acceptors (Lipinski definition) is 3. The lowest BCUT2D eigenvalue weighted by atomic mass is 9.93. The molecular weight excluding hydrogens is 260 g/mol. The Kier molecular flexibility index (Phi) is 4.04. The minimum absolute atomic E-state index is 0.693. The van der Waals surface area contributed by atoms with Crippen LogP contribution in [0.5, 0.6) is 0 Å². The van der Waals surface area contributed by atoms with Crippen molar-refractivity contribution in [3.63, 3.8) is 0 Å². The minimum Gasteiger partial charge on any atom is -0.384 e. The summed E-state index contributed by atoms with van der Waals surface area (Å²) in [7, 11) is 0. The van der Waals surface area contributed by atoms with Crippen LogP contribution in [0.25, 0.3) is 0 Å². The normalized spacial score (nSPS) is 22.6. The number of benzene rings is 1. The fourth-order valence-electron chi connectivity index (χ4n) is 3.06. The van der Waals surface area contributed by atoms with Gasteiger partial charge in [0.15, 0.2) is 0 Å². The van der Waals surface area contributed by atoms with Crippen molar-refractivity contribution in [3.05, 3.63) is 65.5 Å². The molecule has 3 heteroatoms. The number of aromatic nitrogens is 1. The summed E-state index contributed by atoms with van der Waals surface area (Å²) in [5.74, 6) is 0. The van der Waals surface area contributed by atoms with Crippen LogP contribution < -0.4 is 0 Å². The molecule has 0 spiro atoms. The first kappa shape index (κ1) is 14.2. The summed E-state index contributed by atoms with van der Waals surface area (Å²) in [6, 6.07) is 16.2. The molecule has 0 aliphatic carbocycles. The van der Waals surface area contributed by atoms with Crippen LogP contribution >= 0.6 is 0 Å². The molecule has 1 aromatic heterocycles. The molecule has 1 aromatic carbocycles. The third kappa shape index (κ3) is 3.31. The molecule has 2 heterocycles. The summed E-state index contributed by atoms with van der Waals surface area (Å²) in [4.78, 5) is 6.87. The van der Waals surface area contributed by atoms with Gasteiger partial charge in [0.1, 0.15) is 5.60 Å². The van der Waals surface area contributed by atoms with Crippen LogP contribution in [0.4, 0.5) is 0 Å². The molecule has 1 atom stereocenters. The molecule has 0 amide bonds. The number of rotatable bonds is 4. The SMILES string of the molecule is Cc1cccc(CCN2CCC(O)(c3ccccc3)C2)n1. The third-order valence-corrected chi connectivity index (χ3v) is 4.27. The minimum atomic E-state index is -0.693. The van der Waals surface area contributed by atoms with Gasteiger partial charge in [-0.15, -0.1) is 0 Å². The first-order valence-electron chi connectivity index (χ1n) is 7.58. The van der Waals surface area contributed by atoms with E-state index in [1.807, 2.05) is 43.3 Å². The van der Waals surface area contributed by atoms with Gasteiger partial charge < -0.3 is 5.11 Å². The smallest absolute Gasteiger partial charge is 0.103 e. The van der Waals surface area contributed by atoms with E-state index in [1.54, 1.807) is 0 Å². The molecule has 21 heavy (non-hydrogen) atoms. The molecule has 2 aromatic rings. The lowest BCUT2D eigenvalue weighted by Gasteiger charge is -2.24. The highest BCUT2D eigenvalue weighted by atomic mass is 16.3. The van der Waals surface area contributed by atoms with Crippen LogP contribution in [-0.4, -0.2) is 34.6 Å². The maximum atomic E-state index is 10.8. The second-order valence-electron chi connectivity index (χ2n) is 5.94. The summed E-state index contributed by atoms with van der Waals surface area (Å²) < 4.78 is 0. The van der Waals surface area contributed by atoms with Crippen LogP contribution in [0.1, 0.15) is 23.4 Å². The molecule has 1 aliphatic rings. The molecule has 1 aliphatic heterocycles. The van der Waals surface area contributed by atoms with E-state index in [0.29, 0.717) is 6.54 Å². The Balaban J connectivity index is 1.60. The van der Waals surface area contributed by atoms with Gasteiger partial charge in [0.2, 0.25) is 0 Å². The summed E-state index contributed by atoms with van der Waals surface area (Å²) >= 11 is 0. The van der Waals surface area contributed by atoms with Gasteiger partial charge in [-0.1, -0.05) is 36.4 Å². The molecule has 0 saturated carbocycles. The number of aryl methyl sites for hydroxylation is 1. The Morgan fingerprint density at radius 3 is 2.71 bits per heavy atom. The molecule has 1 unspecified atom stereocenters. The zero-order valence-electron chi connectivity index (χ0n) is 12.5. The predicted molar refractivity (Wildman–Crippen MR) is 84.1 cm³/mol. The van der Waals surface area contributed by atoms with Gasteiger partial charge in [-0.3, -0.25) is 9.88 Å². The van der Waals surface area contributed by atoms with E-state index in [4.69, 9.17) is 0 Å². The molecular formula is C18H22N2O. The maximum absolute atomic E-state index is 10.8. The molecule has 1 fully saturated rings. The van der Waals surface area contributed by atoms with Crippen LogP contribution in [-0.2, 0) is 12.0 Å². The van der Waals surface area contributed by atoms with E-state index in [9.17, 15) is 5.11 Å². The largest absolute Gasteiger partial charge is 0.384 e. The average molecular weight is 282 g/mol. The Labute approximate surface area is 126 Å². The lowest BCUT2D eigenvalue weighted by molar-refractivity contribution is 0.0462. The molecule has 110 valence electrons. The number of aliphatic hydroxyl groups is 1. The maximum Gasteiger partial charge on any atom is 0.103 e. The highest BCUT2D eigenvalue weighted by Crippen LogP contribution is 2.31. The van der Waals surface area contributed by atoms with Gasteiger partial charge in [0.05, 0.1) is 0 Å². The van der Waals surface area contributed by atoms with Crippen molar-refractivity contribution >= 4 is 0 Å². The number of likely N-dealkylation sites (tertiary alicyclic amines) is 1. The van der Waals surface area contributed by atoms with E-state index in [-0.39, 0.29) is 0 Å². The Morgan fingerprint density at radius 2 is 1.95 bits per heavy atom. The summed E-state index contributed by atoms with van der Waals surface area (Å²) in [5.41, 5.74) is 2.53. The van der Waals surface area contributed by atoms with Crippen LogP contribution in [0, 0.1) is 6.92 Å². The number of hydrogen-bond donors (Lipinski definition) is 1. The standard InChI is InChI=1S/C18H22N2O/c1-15-6-5-9-17(19-15)10-12-20-13-11-18(21,14-20)16-7-3-2-4-8-16/h2-9,21H,10-14H2,1H3. The number of β-amino-alcohol motifs (C(OH)–C–C–N with tert-alkyl or cyclic N) is 1. The first-order valence-corrected chi connectivity index (χ1v) is 7.58. The van der Waals surface area contributed by atoms with Gasteiger partial charge in [0, 0.05) is 37.4 Å². The lowest BCUT2D eigenvalue weighted by Crippen LogP contribution is -2.31. The van der Waals surface area contributed by atoms with Crippen molar-refractivity contribution < 1.29 is 5.11 Å². The van der Waals surface area contributed by atoms with Gasteiger partial charge in [0.25, 0.3) is 0 Å². The van der Waals surface area contributed by atoms with E-state index in [1.165, 1.54) is 0 Å². The fourth-order valence-corrected chi connectivity index (χ4v) is 3.06. The average Bonchev–Trinajstić information content (AvgIpc) is 2.89. The third-order valence-electron chi connectivity index (χ3n) is 4.27. The van der Waals surface area contributed by atoms with Crippen LogP contribution in [0.3, 0.4) is 0 Å². The van der Waals surface area contributed by atoms with Crippen molar-refractivity contribution in [2.75, 3.05) is 19.6 Å². The molecule has 1 saturated heterocycles. The first-order chi connectivity index (χ1) is 10.2. The molecule has 3 rings (SSSR count). The monoisotopic (exact) mass is 282 g/mol. The quantitative estimate of drug-likeness (QED) is 0.936. The second-order valence-corrected chi connectivity index (χ2v) is 5.94. The van der Waals surface area contributed by atoms with E-state index >= 15 is 0 Å². The zero-order valence-corrected chi connectivity index (χ0v) is 12.5. The van der Waals surface area contributed by atoms with E-state index < -0.39 is 5.60 Å². The zero-order chi connectivity index (χ0) is 14.7. The molecule has 3 nitrogen and oxygen atoms in total. The number of pyridine rings is 1. The summed E-state index contributed by atoms with van der Waals surface area (Å²) in [6.07, 6.45) is 1.74. The molecule has 0 radical (unpaired) electrons. The van der Waals surface area contributed by atoms with E-state index in [0.717, 1.165) is 42.9 Å². The predicted octanol–water partition coefficient (Wildman–Crippen LogP) is 2.53. The Morgan fingerprint density at radius 1 is 1.14 bits per heavy atom. The summed E-state index contributed by atoms with van der Waals surface area (Å²) in [6.45, 7) is 4.62. The Bertz CT molecular complexity index is 599.